The number of ether oxygens (including phenoxy) is 1. The van der Waals surface area contributed by atoms with Gasteiger partial charge in [-0.15, -0.1) is 0 Å². The maximum Gasteiger partial charge on any atom is 0.421 e. The van der Waals surface area contributed by atoms with E-state index in [0.717, 1.165) is 22.5 Å². The molecule has 0 radical (unpaired) electrons. The Morgan fingerprint density at radius 3 is 2.53 bits per heavy atom. The van der Waals surface area contributed by atoms with E-state index in [-0.39, 0.29) is 23.1 Å². The summed E-state index contributed by atoms with van der Waals surface area (Å²) in [5, 5.41) is 3.65. The van der Waals surface area contributed by atoms with Gasteiger partial charge in [0.25, 0.3) is 0 Å². The van der Waals surface area contributed by atoms with Crippen LogP contribution in [0.5, 0.6) is 0 Å². The molecule has 2 aromatic rings. The van der Waals surface area contributed by atoms with E-state index < -0.39 is 28.6 Å². The fourth-order valence-electron chi connectivity index (χ4n) is 7.43. The van der Waals surface area contributed by atoms with Gasteiger partial charge in [-0.3, -0.25) is 9.79 Å². The van der Waals surface area contributed by atoms with E-state index in [1.807, 2.05) is 24.3 Å². The van der Waals surface area contributed by atoms with Gasteiger partial charge < -0.3 is 10.1 Å². The van der Waals surface area contributed by atoms with E-state index in [2.05, 4.69) is 26.1 Å². The number of carbonyl (C=O) groups is 2. The second kappa shape index (κ2) is 6.96. The Labute approximate surface area is 210 Å². The van der Waals surface area contributed by atoms with E-state index in [1.165, 1.54) is 11.0 Å². The van der Waals surface area contributed by atoms with Crippen molar-refractivity contribution in [1.29, 1.82) is 0 Å². The van der Waals surface area contributed by atoms with Crippen molar-refractivity contribution in [1.82, 2.24) is 0 Å². The highest BCUT2D eigenvalue weighted by Gasteiger charge is 2.78. The van der Waals surface area contributed by atoms with E-state index in [0.29, 0.717) is 18.7 Å². The van der Waals surface area contributed by atoms with Crippen LogP contribution in [0.25, 0.3) is 0 Å². The van der Waals surface area contributed by atoms with Crippen LogP contribution < -0.4 is 10.2 Å². The van der Waals surface area contributed by atoms with Crippen molar-refractivity contribution in [2.75, 3.05) is 16.8 Å². The second-order valence-corrected chi connectivity index (χ2v) is 12.6. The van der Waals surface area contributed by atoms with Crippen LogP contribution in [0, 0.1) is 17.2 Å². The number of nitrogens with zero attached hydrogens (tertiary/aromatic N) is 2. The maximum atomic E-state index is 14.8. The molecule has 3 aliphatic heterocycles. The summed E-state index contributed by atoms with van der Waals surface area (Å²) in [6.45, 7) is 12.3. The maximum absolute atomic E-state index is 14.8. The molecule has 1 fully saturated rings. The summed E-state index contributed by atoms with van der Waals surface area (Å²) >= 11 is 0. The summed E-state index contributed by atoms with van der Waals surface area (Å²) in [5.74, 6) is -0.916. The Morgan fingerprint density at radius 1 is 1.11 bits per heavy atom. The Hall–Kier alpha value is -3.22. The highest BCUT2D eigenvalue weighted by Crippen LogP contribution is 2.68. The summed E-state index contributed by atoms with van der Waals surface area (Å²) in [6, 6.07) is 11.9. The van der Waals surface area contributed by atoms with Gasteiger partial charge in [0, 0.05) is 23.9 Å². The highest BCUT2D eigenvalue weighted by atomic mass is 19.1. The molecule has 0 saturated heterocycles. The number of carbonyl (C=O) groups excluding carboxylic acids is 2. The van der Waals surface area contributed by atoms with Crippen molar-refractivity contribution in [2.45, 2.75) is 70.4 Å². The molecule has 1 N–H and O–H groups in total. The van der Waals surface area contributed by atoms with E-state index in [1.54, 1.807) is 32.9 Å². The van der Waals surface area contributed by atoms with Gasteiger partial charge in [0.2, 0.25) is 5.91 Å². The van der Waals surface area contributed by atoms with Gasteiger partial charge in [-0.05, 0) is 68.0 Å². The number of hydrogen-bond acceptors (Lipinski definition) is 5. The fourth-order valence-corrected chi connectivity index (χ4v) is 7.43. The molecule has 1 saturated carbocycles. The summed E-state index contributed by atoms with van der Waals surface area (Å²) in [6.07, 6.45) is 0.00577. The first-order valence-corrected chi connectivity index (χ1v) is 12.6. The van der Waals surface area contributed by atoms with Crippen LogP contribution in [0.2, 0.25) is 0 Å². The molecule has 2 aromatic carbocycles. The lowest BCUT2D eigenvalue weighted by Gasteiger charge is -2.42. The second-order valence-electron chi connectivity index (χ2n) is 12.6. The van der Waals surface area contributed by atoms with Crippen LogP contribution in [0.3, 0.4) is 0 Å². The van der Waals surface area contributed by atoms with Crippen molar-refractivity contribution >= 4 is 29.1 Å². The topological polar surface area (TPSA) is 71.0 Å². The molecular weight excluding hydrogens is 457 g/mol. The summed E-state index contributed by atoms with van der Waals surface area (Å²) < 4.78 is 20.3. The fraction of sp³-hybridized carbons (Fsp3) is 0.483. The van der Waals surface area contributed by atoms with Gasteiger partial charge in [-0.1, -0.05) is 39.0 Å². The minimum Gasteiger partial charge on any atom is -0.443 e. The SMILES string of the molecule is CC(C)(C)OC(=O)N1C(=O)[C@@]2(c3ccccc31)[C@H](C(C)(C)C)C1=NCC[C@@]13c1cc(F)ccc1N[C@@H]23. The van der Waals surface area contributed by atoms with Crippen LogP contribution in [0.1, 0.15) is 59.1 Å². The van der Waals surface area contributed by atoms with E-state index >= 15 is 0 Å². The zero-order valence-corrected chi connectivity index (χ0v) is 21.6. The monoisotopic (exact) mass is 489 g/mol. The molecule has 0 aromatic heterocycles. The van der Waals surface area contributed by atoms with Crippen LogP contribution in [-0.2, 0) is 20.4 Å². The van der Waals surface area contributed by atoms with Crippen LogP contribution in [0.4, 0.5) is 20.6 Å². The zero-order valence-electron chi connectivity index (χ0n) is 21.6. The number of benzene rings is 2. The zero-order chi connectivity index (χ0) is 25.8. The molecule has 0 bridgehead atoms. The van der Waals surface area contributed by atoms with Crippen LogP contribution >= 0.6 is 0 Å². The third-order valence-corrected chi connectivity index (χ3v) is 8.27. The van der Waals surface area contributed by atoms with Crippen molar-refractivity contribution in [3.05, 3.63) is 59.4 Å². The highest BCUT2D eigenvalue weighted by molar-refractivity contribution is 6.26. The number of amides is 2. The quantitative estimate of drug-likeness (QED) is 0.523. The first-order chi connectivity index (χ1) is 16.8. The average Bonchev–Trinajstić information content (AvgIpc) is 3.44. The molecule has 4 aliphatic rings. The number of hydrogen-bond donors (Lipinski definition) is 1. The van der Waals surface area contributed by atoms with E-state index in [9.17, 15) is 14.0 Å². The van der Waals surface area contributed by atoms with Gasteiger partial charge in [0.15, 0.2) is 0 Å². The molecule has 2 amide bonds. The van der Waals surface area contributed by atoms with Crippen molar-refractivity contribution in [3.63, 3.8) is 0 Å². The Kier molecular flexibility index (Phi) is 4.48. The average molecular weight is 490 g/mol. The van der Waals surface area contributed by atoms with Crippen LogP contribution in [0.15, 0.2) is 47.5 Å². The predicted molar refractivity (Wildman–Crippen MR) is 137 cm³/mol. The molecule has 188 valence electrons. The number of imide groups is 1. The smallest absolute Gasteiger partial charge is 0.421 e. The van der Waals surface area contributed by atoms with Crippen molar-refractivity contribution in [3.8, 4) is 0 Å². The Morgan fingerprint density at radius 2 is 1.83 bits per heavy atom. The number of halogens is 1. The van der Waals surface area contributed by atoms with Gasteiger partial charge in [0.1, 0.15) is 16.8 Å². The molecule has 6 nitrogen and oxygen atoms in total. The van der Waals surface area contributed by atoms with E-state index in [4.69, 9.17) is 9.73 Å². The molecule has 3 heterocycles. The van der Waals surface area contributed by atoms with Gasteiger partial charge >= 0.3 is 6.09 Å². The number of para-hydroxylation sites is 1. The molecular formula is C29H32FN3O3. The number of aliphatic imine (C=N–C) groups is 1. The summed E-state index contributed by atoms with van der Waals surface area (Å²) in [4.78, 5) is 34.6. The lowest BCUT2D eigenvalue weighted by Crippen LogP contribution is -2.57. The normalized spacial score (nSPS) is 30.0. The Bertz CT molecular complexity index is 1350. The number of rotatable bonds is 0. The molecule has 36 heavy (non-hydrogen) atoms. The Balaban J connectivity index is 1.65. The lowest BCUT2D eigenvalue weighted by atomic mass is 9.61. The van der Waals surface area contributed by atoms with Gasteiger partial charge in [-0.2, -0.15) is 0 Å². The predicted octanol–water partition coefficient (Wildman–Crippen LogP) is 5.60. The lowest BCUT2D eigenvalue weighted by molar-refractivity contribution is -0.125. The molecule has 7 heteroatoms. The summed E-state index contributed by atoms with van der Waals surface area (Å²) in [5.41, 5.74) is 1.09. The minimum absolute atomic E-state index is 0.303. The van der Waals surface area contributed by atoms with Gasteiger partial charge in [0.05, 0.1) is 17.1 Å². The first-order valence-electron chi connectivity index (χ1n) is 12.6. The van der Waals surface area contributed by atoms with Crippen LogP contribution in [-0.4, -0.2) is 35.9 Å². The third kappa shape index (κ3) is 2.69. The third-order valence-electron chi connectivity index (χ3n) is 8.27. The molecule has 1 aliphatic carbocycles. The minimum atomic E-state index is -1.11. The first kappa shape index (κ1) is 23.2. The standard InChI is InChI=1S/C29H32FN3O3/c1-26(2,3)21-22-28(13-14-31-22)18-15-16(30)11-12-19(18)32-23(28)29(21)17-9-7-8-10-20(17)33(24(29)34)25(35)36-27(4,5)6/h7-12,15,21,23,32H,13-14H2,1-6H3/t21-,23+,28+,29-/m0/s1. The molecule has 4 atom stereocenters. The molecule has 0 unspecified atom stereocenters. The number of nitrogens with one attached hydrogen (secondary N) is 1. The van der Waals surface area contributed by atoms with Gasteiger partial charge in [-0.25, -0.2) is 14.1 Å². The molecule has 2 spiro atoms. The summed E-state index contributed by atoms with van der Waals surface area (Å²) in [7, 11) is 0. The van der Waals surface area contributed by atoms with Crippen molar-refractivity contribution in [2.24, 2.45) is 16.3 Å². The van der Waals surface area contributed by atoms with Crippen molar-refractivity contribution < 1.29 is 18.7 Å². The largest absolute Gasteiger partial charge is 0.443 e. The molecule has 6 rings (SSSR count). The number of fused-ring (bicyclic) bond motifs is 4. The number of anilines is 2.